The van der Waals surface area contributed by atoms with E-state index in [1.165, 1.54) is 5.56 Å². The van der Waals surface area contributed by atoms with Crippen LogP contribution in [0.15, 0.2) is 54.7 Å². The molecule has 2 aromatic carbocycles. The number of nitrogens with zero attached hydrogens (tertiary/aromatic N) is 2. The molecule has 2 N–H and O–H groups in total. The van der Waals surface area contributed by atoms with Crippen LogP contribution in [0.1, 0.15) is 36.5 Å². The van der Waals surface area contributed by atoms with Gasteiger partial charge in [-0.05, 0) is 55.2 Å². The predicted molar refractivity (Wildman–Crippen MR) is 110 cm³/mol. The van der Waals surface area contributed by atoms with Gasteiger partial charge in [-0.15, -0.1) is 0 Å². The van der Waals surface area contributed by atoms with Gasteiger partial charge in [-0.25, -0.2) is 4.98 Å². The predicted octanol–water partition coefficient (Wildman–Crippen LogP) is 6.63. The maximum Gasteiger partial charge on any atom is 0.421 e. The highest BCUT2D eigenvalue weighted by atomic mass is 19.4. The number of alkyl halides is 3. The third-order valence-corrected chi connectivity index (χ3v) is 4.40. The Labute approximate surface area is 168 Å². The molecule has 152 valence electrons. The van der Waals surface area contributed by atoms with E-state index < -0.39 is 11.7 Å². The Balaban J connectivity index is 1.84. The normalized spacial score (nSPS) is 11.3. The minimum absolute atomic E-state index is 0.0921. The number of halogens is 3. The molecular weight excluding hydrogens is 377 g/mol. The van der Waals surface area contributed by atoms with Crippen LogP contribution >= 0.6 is 0 Å². The van der Waals surface area contributed by atoms with E-state index in [4.69, 9.17) is 0 Å². The van der Waals surface area contributed by atoms with Crippen molar-refractivity contribution in [2.45, 2.75) is 39.3 Å². The van der Waals surface area contributed by atoms with Crippen LogP contribution in [0.5, 0.6) is 0 Å². The maximum atomic E-state index is 13.4. The van der Waals surface area contributed by atoms with Crippen molar-refractivity contribution in [2.24, 2.45) is 0 Å². The highest BCUT2D eigenvalue weighted by Gasteiger charge is 2.35. The van der Waals surface area contributed by atoms with E-state index in [0.717, 1.165) is 31.0 Å². The lowest BCUT2D eigenvalue weighted by molar-refractivity contribution is -0.137. The molecule has 3 rings (SSSR count). The van der Waals surface area contributed by atoms with Crippen LogP contribution in [0.2, 0.25) is 0 Å². The minimum Gasteiger partial charge on any atom is -0.340 e. The van der Waals surface area contributed by atoms with E-state index in [1.807, 2.05) is 37.3 Å². The molecule has 0 aliphatic heterocycles. The molecule has 29 heavy (non-hydrogen) atoms. The summed E-state index contributed by atoms with van der Waals surface area (Å²) in [4.78, 5) is 7.93. The number of anilines is 4. The van der Waals surface area contributed by atoms with Crippen molar-refractivity contribution >= 4 is 23.1 Å². The SMILES string of the molecule is CCCCc1ccc(Nc2ncc(C(F)(F)F)c(Nc3cccc(C)c3)n2)cc1. The second kappa shape index (κ2) is 8.94. The first-order valence-corrected chi connectivity index (χ1v) is 9.49. The van der Waals surface area contributed by atoms with E-state index in [9.17, 15) is 13.2 Å². The molecule has 0 saturated carbocycles. The lowest BCUT2D eigenvalue weighted by Gasteiger charge is -2.15. The Bertz CT molecular complexity index is 953. The largest absolute Gasteiger partial charge is 0.421 e. The Morgan fingerprint density at radius 2 is 1.72 bits per heavy atom. The Morgan fingerprint density at radius 1 is 0.966 bits per heavy atom. The molecule has 0 bridgehead atoms. The van der Waals surface area contributed by atoms with Gasteiger partial charge in [-0.2, -0.15) is 18.2 Å². The molecule has 3 aromatic rings. The van der Waals surface area contributed by atoms with E-state index in [2.05, 4.69) is 27.5 Å². The van der Waals surface area contributed by atoms with Gasteiger partial charge >= 0.3 is 6.18 Å². The zero-order valence-corrected chi connectivity index (χ0v) is 16.3. The highest BCUT2D eigenvalue weighted by Crippen LogP contribution is 2.35. The fourth-order valence-electron chi connectivity index (χ4n) is 2.87. The molecule has 0 radical (unpaired) electrons. The van der Waals surface area contributed by atoms with Gasteiger partial charge < -0.3 is 10.6 Å². The summed E-state index contributed by atoms with van der Waals surface area (Å²) in [5, 5.41) is 5.74. The first kappa shape index (κ1) is 20.6. The van der Waals surface area contributed by atoms with Gasteiger partial charge in [-0.3, -0.25) is 0 Å². The molecule has 1 heterocycles. The fourth-order valence-corrected chi connectivity index (χ4v) is 2.87. The van der Waals surface area contributed by atoms with Crippen molar-refractivity contribution < 1.29 is 13.2 Å². The van der Waals surface area contributed by atoms with Crippen LogP contribution in [0.4, 0.5) is 36.3 Å². The lowest BCUT2D eigenvalue weighted by Crippen LogP contribution is -2.12. The van der Waals surface area contributed by atoms with Gasteiger partial charge in [0.2, 0.25) is 5.95 Å². The molecule has 0 saturated heterocycles. The Hall–Kier alpha value is -3.09. The minimum atomic E-state index is -4.56. The second-order valence-corrected chi connectivity index (χ2v) is 6.87. The first-order valence-electron chi connectivity index (χ1n) is 9.49. The lowest BCUT2D eigenvalue weighted by atomic mass is 10.1. The van der Waals surface area contributed by atoms with E-state index in [-0.39, 0.29) is 11.8 Å². The average Bonchev–Trinajstić information content (AvgIpc) is 2.67. The third kappa shape index (κ3) is 5.70. The third-order valence-electron chi connectivity index (χ3n) is 4.40. The van der Waals surface area contributed by atoms with Crippen molar-refractivity contribution in [3.05, 3.63) is 71.4 Å². The van der Waals surface area contributed by atoms with Crippen molar-refractivity contribution in [1.82, 2.24) is 9.97 Å². The summed E-state index contributed by atoms with van der Waals surface area (Å²) in [6, 6.07) is 14.8. The van der Waals surface area contributed by atoms with Crippen LogP contribution in [0, 0.1) is 6.92 Å². The van der Waals surface area contributed by atoms with Crippen molar-refractivity contribution in [1.29, 1.82) is 0 Å². The highest BCUT2D eigenvalue weighted by molar-refractivity contribution is 5.63. The number of benzene rings is 2. The summed E-state index contributed by atoms with van der Waals surface area (Å²) in [6.07, 6.45) is -0.536. The Morgan fingerprint density at radius 3 is 2.38 bits per heavy atom. The molecule has 0 fully saturated rings. The second-order valence-electron chi connectivity index (χ2n) is 6.87. The number of unbranched alkanes of at least 4 members (excludes halogenated alkanes) is 1. The summed E-state index contributed by atoms with van der Waals surface area (Å²) >= 11 is 0. The number of aryl methyl sites for hydroxylation is 2. The van der Waals surface area contributed by atoms with Gasteiger partial charge in [-0.1, -0.05) is 37.6 Å². The molecule has 7 heteroatoms. The molecule has 0 amide bonds. The van der Waals surface area contributed by atoms with Gasteiger partial charge in [0, 0.05) is 17.6 Å². The molecule has 0 unspecified atom stereocenters. The number of hydrogen-bond donors (Lipinski definition) is 2. The molecule has 1 aromatic heterocycles. The van der Waals surface area contributed by atoms with Crippen molar-refractivity contribution in [3.63, 3.8) is 0 Å². The molecule has 0 atom stereocenters. The number of hydrogen-bond acceptors (Lipinski definition) is 4. The van der Waals surface area contributed by atoms with Crippen molar-refractivity contribution in [2.75, 3.05) is 10.6 Å². The monoisotopic (exact) mass is 400 g/mol. The topological polar surface area (TPSA) is 49.8 Å². The molecular formula is C22H23F3N4. The summed E-state index contributed by atoms with van der Waals surface area (Å²) in [7, 11) is 0. The summed E-state index contributed by atoms with van der Waals surface area (Å²) in [5.74, 6) is -0.199. The quantitative estimate of drug-likeness (QED) is 0.467. The molecule has 0 spiro atoms. The Kier molecular flexibility index (Phi) is 6.36. The summed E-state index contributed by atoms with van der Waals surface area (Å²) in [5.41, 5.74) is 2.47. The van der Waals surface area contributed by atoms with Gasteiger partial charge in [0.05, 0.1) is 0 Å². The van der Waals surface area contributed by atoms with Crippen LogP contribution in [-0.4, -0.2) is 9.97 Å². The fraction of sp³-hybridized carbons (Fsp3) is 0.273. The first-order chi connectivity index (χ1) is 13.8. The maximum absolute atomic E-state index is 13.4. The van der Waals surface area contributed by atoms with E-state index in [1.54, 1.807) is 18.2 Å². The van der Waals surface area contributed by atoms with E-state index >= 15 is 0 Å². The molecule has 0 aliphatic carbocycles. The molecule has 0 aliphatic rings. The van der Waals surface area contributed by atoms with Crippen molar-refractivity contribution in [3.8, 4) is 0 Å². The van der Waals surface area contributed by atoms with Gasteiger partial charge in [0.15, 0.2) is 0 Å². The summed E-state index contributed by atoms with van der Waals surface area (Å²) in [6.45, 7) is 4.01. The number of aromatic nitrogens is 2. The summed E-state index contributed by atoms with van der Waals surface area (Å²) < 4.78 is 40.2. The zero-order chi connectivity index (χ0) is 20.9. The number of nitrogens with one attached hydrogen (secondary N) is 2. The average molecular weight is 400 g/mol. The van der Waals surface area contributed by atoms with Crippen LogP contribution < -0.4 is 10.6 Å². The number of rotatable bonds is 7. The van der Waals surface area contributed by atoms with Crippen LogP contribution in [0.25, 0.3) is 0 Å². The van der Waals surface area contributed by atoms with Crippen LogP contribution in [-0.2, 0) is 12.6 Å². The zero-order valence-electron chi connectivity index (χ0n) is 16.3. The van der Waals surface area contributed by atoms with Gasteiger partial charge in [0.25, 0.3) is 0 Å². The van der Waals surface area contributed by atoms with Gasteiger partial charge in [0.1, 0.15) is 11.4 Å². The smallest absolute Gasteiger partial charge is 0.340 e. The van der Waals surface area contributed by atoms with E-state index in [0.29, 0.717) is 11.4 Å². The van der Waals surface area contributed by atoms with Crippen LogP contribution in [0.3, 0.4) is 0 Å². The standard InChI is InChI=1S/C22H23F3N4/c1-3-4-7-16-9-11-17(12-10-16)28-21-26-14-19(22(23,24)25)20(29-21)27-18-8-5-6-15(2)13-18/h5-6,8-14H,3-4,7H2,1-2H3,(H2,26,27,28,29). The molecule has 4 nitrogen and oxygen atoms in total.